The van der Waals surface area contributed by atoms with E-state index in [1.165, 1.54) is 0 Å². The van der Waals surface area contributed by atoms with Crippen LogP contribution in [0.1, 0.15) is 5.56 Å². The minimum Gasteiger partial charge on any atom is -0.368 e. The van der Waals surface area contributed by atoms with Crippen molar-refractivity contribution < 1.29 is 9.59 Å². The van der Waals surface area contributed by atoms with E-state index in [1.54, 1.807) is 4.90 Å². The molecular formula is C12H18N4O2. The fraction of sp³-hybridized carbons (Fsp3) is 0.333. The molecule has 0 radical (unpaired) electrons. The molecule has 1 aromatic rings. The van der Waals surface area contributed by atoms with Crippen LogP contribution < -0.4 is 21.7 Å². The first-order chi connectivity index (χ1) is 8.54. The van der Waals surface area contributed by atoms with Gasteiger partial charge in [0.05, 0.1) is 13.1 Å². The number of benzene rings is 1. The van der Waals surface area contributed by atoms with Gasteiger partial charge < -0.3 is 21.7 Å². The first kappa shape index (κ1) is 14.0. The summed E-state index contributed by atoms with van der Waals surface area (Å²) in [6, 6.07) is 7.48. The smallest absolute Gasteiger partial charge is 0.236 e. The van der Waals surface area contributed by atoms with Crippen molar-refractivity contribution in [2.24, 2.45) is 11.5 Å². The van der Waals surface area contributed by atoms with Crippen LogP contribution in [0.25, 0.3) is 0 Å². The second kappa shape index (κ2) is 6.61. The summed E-state index contributed by atoms with van der Waals surface area (Å²) in [6.07, 6.45) is 0. The molecule has 1 aromatic carbocycles. The van der Waals surface area contributed by atoms with Gasteiger partial charge in [0.2, 0.25) is 11.8 Å². The minimum absolute atomic E-state index is 0.0380. The molecule has 0 saturated carbocycles. The molecule has 18 heavy (non-hydrogen) atoms. The fourth-order valence-electron chi connectivity index (χ4n) is 1.76. The summed E-state index contributed by atoms with van der Waals surface area (Å²) in [6.45, 7) is 0.553. The largest absolute Gasteiger partial charge is 0.368 e. The van der Waals surface area contributed by atoms with E-state index in [-0.39, 0.29) is 13.1 Å². The number of hydrogen-bond acceptors (Lipinski definition) is 4. The number of rotatable bonds is 7. The van der Waals surface area contributed by atoms with Crippen LogP contribution in [0, 0.1) is 0 Å². The van der Waals surface area contributed by atoms with Crippen molar-refractivity contribution in [3.8, 4) is 0 Å². The lowest BCUT2D eigenvalue weighted by Gasteiger charge is -2.24. The summed E-state index contributed by atoms with van der Waals surface area (Å²) in [5, 5.41) is 3.03. The molecule has 0 aliphatic rings. The number of nitrogens with two attached hydrogens (primary N) is 2. The minimum atomic E-state index is -0.504. The fourth-order valence-corrected chi connectivity index (χ4v) is 1.76. The molecule has 0 spiro atoms. The van der Waals surface area contributed by atoms with Gasteiger partial charge in [-0.05, 0) is 18.7 Å². The second-order valence-electron chi connectivity index (χ2n) is 3.95. The molecule has 0 aliphatic carbocycles. The maximum Gasteiger partial charge on any atom is 0.236 e. The molecule has 0 saturated heterocycles. The van der Waals surface area contributed by atoms with Crippen LogP contribution >= 0.6 is 0 Å². The molecule has 0 fully saturated rings. The number of nitrogens with one attached hydrogen (secondary N) is 1. The van der Waals surface area contributed by atoms with Gasteiger partial charge in [0.15, 0.2) is 0 Å². The zero-order chi connectivity index (χ0) is 13.5. The Bertz CT molecular complexity index is 418. The van der Waals surface area contributed by atoms with E-state index in [0.29, 0.717) is 6.54 Å². The topological polar surface area (TPSA) is 101 Å². The third kappa shape index (κ3) is 4.06. The predicted molar refractivity (Wildman–Crippen MR) is 69.8 cm³/mol. The zero-order valence-corrected chi connectivity index (χ0v) is 10.3. The van der Waals surface area contributed by atoms with Crippen molar-refractivity contribution in [3.63, 3.8) is 0 Å². The molecule has 1 rings (SSSR count). The Morgan fingerprint density at radius 2 is 1.72 bits per heavy atom. The first-order valence-corrected chi connectivity index (χ1v) is 5.58. The number of anilines is 1. The highest BCUT2D eigenvalue weighted by Crippen LogP contribution is 2.19. The summed E-state index contributed by atoms with van der Waals surface area (Å²) in [4.78, 5) is 23.7. The quantitative estimate of drug-likeness (QED) is 0.588. The standard InChI is InChI=1S/C12H18N4O2/c1-15-6-9-4-2-3-5-10(9)16(7-11(13)17)8-12(14)18/h2-5,15H,6-8H2,1H3,(H2,13,17)(H2,14,18). The van der Waals surface area contributed by atoms with Crippen molar-refractivity contribution in [2.75, 3.05) is 25.0 Å². The Labute approximate surface area is 106 Å². The van der Waals surface area contributed by atoms with E-state index in [4.69, 9.17) is 11.5 Å². The number of amides is 2. The number of carbonyl (C=O) groups is 2. The number of nitrogens with zero attached hydrogens (tertiary/aromatic N) is 1. The molecule has 6 nitrogen and oxygen atoms in total. The normalized spacial score (nSPS) is 10.1. The van der Waals surface area contributed by atoms with Gasteiger partial charge >= 0.3 is 0 Å². The summed E-state index contributed by atoms with van der Waals surface area (Å²) in [5.74, 6) is -1.01. The van der Waals surface area contributed by atoms with Crippen molar-refractivity contribution in [1.82, 2.24) is 5.32 Å². The van der Waals surface area contributed by atoms with Gasteiger partial charge in [0, 0.05) is 12.2 Å². The monoisotopic (exact) mass is 250 g/mol. The summed E-state index contributed by atoms with van der Waals surface area (Å²) >= 11 is 0. The molecule has 0 heterocycles. The Morgan fingerprint density at radius 1 is 1.17 bits per heavy atom. The Balaban J connectivity index is 3.02. The van der Waals surface area contributed by atoms with Crippen LogP contribution in [-0.4, -0.2) is 32.0 Å². The van der Waals surface area contributed by atoms with Gasteiger partial charge in [0.25, 0.3) is 0 Å². The van der Waals surface area contributed by atoms with Crippen molar-refractivity contribution >= 4 is 17.5 Å². The highest BCUT2D eigenvalue weighted by Gasteiger charge is 2.14. The van der Waals surface area contributed by atoms with Crippen LogP contribution in [0.3, 0.4) is 0 Å². The average Bonchev–Trinajstić information content (AvgIpc) is 2.28. The number of hydrogen-bond donors (Lipinski definition) is 3. The lowest BCUT2D eigenvalue weighted by molar-refractivity contribution is -0.117. The van der Waals surface area contributed by atoms with Crippen LogP contribution in [0.15, 0.2) is 24.3 Å². The average molecular weight is 250 g/mol. The summed E-state index contributed by atoms with van der Waals surface area (Å²) in [5.41, 5.74) is 12.1. The third-order valence-corrected chi connectivity index (χ3v) is 2.39. The Kier molecular flexibility index (Phi) is 5.13. The molecule has 2 amide bonds. The van der Waals surface area contributed by atoms with E-state index in [0.717, 1.165) is 11.3 Å². The number of carbonyl (C=O) groups excluding carboxylic acids is 2. The lowest BCUT2D eigenvalue weighted by atomic mass is 10.1. The number of primary amides is 2. The molecule has 0 aliphatic heterocycles. The molecule has 0 unspecified atom stereocenters. The maximum absolute atomic E-state index is 11.0. The van der Waals surface area contributed by atoms with Gasteiger partial charge in [-0.2, -0.15) is 0 Å². The highest BCUT2D eigenvalue weighted by atomic mass is 16.2. The molecule has 98 valence electrons. The van der Waals surface area contributed by atoms with E-state index < -0.39 is 11.8 Å². The highest BCUT2D eigenvalue weighted by molar-refractivity contribution is 5.85. The first-order valence-electron chi connectivity index (χ1n) is 5.58. The van der Waals surface area contributed by atoms with Crippen LogP contribution in [-0.2, 0) is 16.1 Å². The molecule has 0 aromatic heterocycles. The maximum atomic E-state index is 11.0. The molecule has 5 N–H and O–H groups in total. The van der Waals surface area contributed by atoms with Gasteiger partial charge in [-0.1, -0.05) is 18.2 Å². The molecular weight excluding hydrogens is 232 g/mol. The van der Waals surface area contributed by atoms with Gasteiger partial charge in [-0.25, -0.2) is 0 Å². The molecule has 0 atom stereocenters. The zero-order valence-electron chi connectivity index (χ0n) is 10.3. The van der Waals surface area contributed by atoms with E-state index in [9.17, 15) is 9.59 Å². The lowest BCUT2D eigenvalue weighted by Crippen LogP contribution is -2.40. The predicted octanol–water partition coefficient (Wildman–Crippen LogP) is -0.817. The number of para-hydroxylation sites is 1. The van der Waals surface area contributed by atoms with Crippen LogP contribution in [0.5, 0.6) is 0 Å². The van der Waals surface area contributed by atoms with E-state index in [2.05, 4.69) is 5.32 Å². The Hall–Kier alpha value is -2.08. The molecule has 0 bridgehead atoms. The van der Waals surface area contributed by atoms with Crippen molar-refractivity contribution in [2.45, 2.75) is 6.54 Å². The van der Waals surface area contributed by atoms with Crippen molar-refractivity contribution in [1.29, 1.82) is 0 Å². The summed E-state index contributed by atoms with van der Waals surface area (Å²) in [7, 11) is 1.82. The van der Waals surface area contributed by atoms with Gasteiger partial charge in [0.1, 0.15) is 0 Å². The van der Waals surface area contributed by atoms with Crippen molar-refractivity contribution in [3.05, 3.63) is 29.8 Å². The SMILES string of the molecule is CNCc1ccccc1N(CC(N)=O)CC(N)=O. The van der Waals surface area contributed by atoms with Gasteiger partial charge in [-0.3, -0.25) is 9.59 Å². The van der Waals surface area contributed by atoms with Crippen LogP contribution in [0.4, 0.5) is 5.69 Å². The summed E-state index contributed by atoms with van der Waals surface area (Å²) < 4.78 is 0. The van der Waals surface area contributed by atoms with E-state index >= 15 is 0 Å². The van der Waals surface area contributed by atoms with Gasteiger partial charge in [-0.15, -0.1) is 0 Å². The second-order valence-corrected chi connectivity index (χ2v) is 3.95. The van der Waals surface area contributed by atoms with Crippen LogP contribution in [0.2, 0.25) is 0 Å². The van der Waals surface area contributed by atoms with E-state index in [1.807, 2.05) is 31.3 Å². The third-order valence-electron chi connectivity index (χ3n) is 2.39. The molecule has 6 heteroatoms. The Morgan fingerprint density at radius 3 is 2.22 bits per heavy atom.